The molecule has 2 atom stereocenters. The molecule has 4 aromatic rings. The normalized spacial score (nSPS) is 12.7. The molecule has 0 unspecified atom stereocenters. The molecule has 4 rings (SSSR count). The summed E-state index contributed by atoms with van der Waals surface area (Å²) in [4.78, 5) is 0. The molecule has 4 aromatic carbocycles. The molecule has 0 saturated carbocycles. The summed E-state index contributed by atoms with van der Waals surface area (Å²) < 4.78 is 0. The highest BCUT2D eigenvalue weighted by Crippen LogP contribution is 2.40. The maximum atomic E-state index is 6.66. The van der Waals surface area contributed by atoms with Crippen LogP contribution in [0.1, 0.15) is 23.2 Å². The van der Waals surface area contributed by atoms with Gasteiger partial charge in [0.25, 0.3) is 0 Å². The summed E-state index contributed by atoms with van der Waals surface area (Å²) in [6, 6.07) is 35.8. The second-order valence-electron chi connectivity index (χ2n) is 7.02. The smallest absolute Gasteiger partial charge is 0.0772 e. The minimum absolute atomic E-state index is 0.166. The summed E-state index contributed by atoms with van der Waals surface area (Å²) in [6.07, 6.45) is 0. The lowest BCUT2D eigenvalue weighted by Gasteiger charge is -2.32. The predicted molar refractivity (Wildman–Crippen MR) is 129 cm³/mol. The average Bonchev–Trinajstić information content (AvgIpc) is 2.79. The average molecular weight is 433 g/mol. The second kappa shape index (κ2) is 9.71. The van der Waals surface area contributed by atoms with E-state index in [1.807, 2.05) is 72.8 Å². The molecule has 0 heterocycles. The predicted octanol–water partition coefficient (Wildman–Crippen LogP) is 8.00. The molecular weight excluding hydrogens is 411 g/mol. The van der Waals surface area contributed by atoms with Crippen LogP contribution >= 0.6 is 23.2 Å². The summed E-state index contributed by atoms with van der Waals surface area (Å²) in [5.74, 6) is 0. The zero-order chi connectivity index (χ0) is 20.8. The standard InChI is InChI=1S/C26H22Cl2N2/c27-23-17-9-7-15-21(23)25(29-19-11-3-1-4-12-19)26(22-16-8-10-18-24(22)28)30-20-13-5-2-6-14-20/h1-18,25-26,29-30H/t25-,26+. The Morgan fingerprint density at radius 2 is 0.767 bits per heavy atom. The van der Waals surface area contributed by atoms with Gasteiger partial charge in [0.15, 0.2) is 0 Å². The Kier molecular flexibility index (Phi) is 6.58. The molecule has 2 N–H and O–H groups in total. The molecule has 30 heavy (non-hydrogen) atoms. The number of benzene rings is 4. The van der Waals surface area contributed by atoms with Crippen LogP contribution in [0.15, 0.2) is 109 Å². The summed E-state index contributed by atoms with van der Waals surface area (Å²) in [6.45, 7) is 0. The molecular formula is C26H22Cl2N2. The van der Waals surface area contributed by atoms with Crippen LogP contribution in [-0.4, -0.2) is 0 Å². The van der Waals surface area contributed by atoms with Gasteiger partial charge in [-0.15, -0.1) is 0 Å². The first kappa shape index (κ1) is 20.3. The van der Waals surface area contributed by atoms with Gasteiger partial charge in [0.05, 0.1) is 12.1 Å². The molecule has 0 aliphatic heterocycles. The van der Waals surface area contributed by atoms with Crippen molar-refractivity contribution in [2.45, 2.75) is 12.1 Å². The van der Waals surface area contributed by atoms with E-state index in [-0.39, 0.29) is 12.1 Å². The Balaban J connectivity index is 1.83. The number of hydrogen-bond donors (Lipinski definition) is 2. The molecule has 0 saturated heterocycles. The van der Waals surface area contributed by atoms with Crippen LogP contribution in [0, 0.1) is 0 Å². The van der Waals surface area contributed by atoms with E-state index in [1.165, 1.54) is 0 Å². The summed E-state index contributed by atoms with van der Waals surface area (Å²) in [5, 5.41) is 8.77. The number of nitrogens with one attached hydrogen (secondary N) is 2. The van der Waals surface area contributed by atoms with Crippen molar-refractivity contribution in [1.29, 1.82) is 0 Å². The number of hydrogen-bond acceptors (Lipinski definition) is 2. The highest BCUT2D eigenvalue weighted by molar-refractivity contribution is 6.32. The molecule has 150 valence electrons. The van der Waals surface area contributed by atoms with Crippen LogP contribution in [-0.2, 0) is 0 Å². The fourth-order valence-corrected chi connectivity index (χ4v) is 4.07. The van der Waals surface area contributed by atoms with E-state index >= 15 is 0 Å². The van der Waals surface area contributed by atoms with Gasteiger partial charge in [-0.2, -0.15) is 0 Å². The maximum Gasteiger partial charge on any atom is 0.0772 e. The van der Waals surface area contributed by atoms with Gasteiger partial charge in [-0.05, 0) is 47.5 Å². The lowest BCUT2D eigenvalue weighted by Crippen LogP contribution is -2.26. The SMILES string of the molecule is Clc1ccccc1[C@@H](Nc1ccccc1)[C@@H](Nc1ccccc1)c1ccccc1Cl. The molecule has 0 aliphatic rings. The van der Waals surface area contributed by atoms with E-state index in [0.717, 1.165) is 22.5 Å². The van der Waals surface area contributed by atoms with Gasteiger partial charge >= 0.3 is 0 Å². The highest BCUT2D eigenvalue weighted by Gasteiger charge is 2.28. The lowest BCUT2D eigenvalue weighted by molar-refractivity contribution is 0.650. The first-order chi connectivity index (χ1) is 14.7. The summed E-state index contributed by atoms with van der Waals surface area (Å²) >= 11 is 13.3. The zero-order valence-electron chi connectivity index (χ0n) is 16.3. The molecule has 0 aromatic heterocycles. The van der Waals surface area contributed by atoms with Crippen molar-refractivity contribution in [3.8, 4) is 0 Å². The van der Waals surface area contributed by atoms with Gasteiger partial charge in [-0.25, -0.2) is 0 Å². The van der Waals surface area contributed by atoms with Crippen molar-refractivity contribution < 1.29 is 0 Å². The Morgan fingerprint density at radius 1 is 0.433 bits per heavy atom. The molecule has 0 spiro atoms. The van der Waals surface area contributed by atoms with Crippen LogP contribution in [0.2, 0.25) is 10.0 Å². The Morgan fingerprint density at radius 3 is 1.13 bits per heavy atom. The van der Waals surface area contributed by atoms with E-state index in [0.29, 0.717) is 10.0 Å². The number of para-hydroxylation sites is 2. The van der Waals surface area contributed by atoms with Crippen molar-refractivity contribution in [2.75, 3.05) is 10.6 Å². The van der Waals surface area contributed by atoms with Gasteiger partial charge in [0.1, 0.15) is 0 Å². The molecule has 2 nitrogen and oxygen atoms in total. The van der Waals surface area contributed by atoms with Crippen molar-refractivity contribution in [3.05, 3.63) is 130 Å². The Hall–Kier alpha value is -2.94. The summed E-state index contributed by atoms with van der Waals surface area (Å²) in [7, 11) is 0. The van der Waals surface area contributed by atoms with Crippen LogP contribution in [0.3, 0.4) is 0 Å². The number of rotatable bonds is 7. The fraction of sp³-hybridized carbons (Fsp3) is 0.0769. The zero-order valence-corrected chi connectivity index (χ0v) is 17.8. The third kappa shape index (κ3) is 4.79. The number of anilines is 2. The summed E-state index contributed by atoms with van der Waals surface area (Å²) in [5.41, 5.74) is 4.01. The van der Waals surface area contributed by atoms with Crippen LogP contribution in [0.5, 0.6) is 0 Å². The maximum absolute atomic E-state index is 6.66. The highest BCUT2D eigenvalue weighted by atomic mass is 35.5. The van der Waals surface area contributed by atoms with Gasteiger partial charge in [-0.3, -0.25) is 0 Å². The van der Waals surface area contributed by atoms with E-state index in [4.69, 9.17) is 23.2 Å². The minimum Gasteiger partial charge on any atom is -0.376 e. The lowest BCUT2D eigenvalue weighted by atomic mass is 9.92. The topological polar surface area (TPSA) is 24.1 Å². The van der Waals surface area contributed by atoms with E-state index in [1.54, 1.807) is 0 Å². The van der Waals surface area contributed by atoms with Crippen molar-refractivity contribution in [3.63, 3.8) is 0 Å². The Bertz CT molecular complexity index is 995. The largest absolute Gasteiger partial charge is 0.376 e. The first-order valence-electron chi connectivity index (χ1n) is 9.84. The molecule has 0 fully saturated rings. The molecule has 0 radical (unpaired) electrons. The molecule has 0 bridgehead atoms. The van der Waals surface area contributed by atoms with Crippen LogP contribution < -0.4 is 10.6 Å². The molecule has 0 aliphatic carbocycles. The molecule has 0 amide bonds. The third-order valence-electron chi connectivity index (χ3n) is 5.01. The van der Waals surface area contributed by atoms with Crippen molar-refractivity contribution >= 4 is 34.6 Å². The number of halogens is 2. The van der Waals surface area contributed by atoms with Crippen molar-refractivity contribution in [1.82, 2.24) is 0 Å². The van der Waals surface area contributed by atoms with Crippen LogP contribution in [0.25, 0.3) is 0 Å². The van der Waals surface area contributed by atoms with Gasteiger partial charge in [0.2, 0.25) is 0 Å². The van der Waals surface area contributed by atoms with Gasteiger partial charge in [-0.1, -0.05) is 96.0 Å². The van der Waals surface area contributed by atoms with Crippen LogP contribution in [0.4, 0.5) is 11.4 Å². The van der Waals surface area contributed by atoms with E-state index in [2.05, 4.69) is 47.0 Å². The molecule has 4 heteroatoms. The van der Waals surface area contributed by atoms with Gasteiger partial charge in [0, 0.05) is 21.4 Å². The van der Waals surface area contributed by atoms with Gasteiger partial charge < -0.3 is 10.6 Å². The van der Waals surface area contributed by atoms with E-state index < -0.39 is 0 Å². The third-order valence-corrected chi connectivity index (χ3v) is 5.69. The quantitative estimate of drug-likeness (QED) is 0.309. The Labute approximate surface area is 187 Å². The minimum atomic E-state index is -0.166. The van der Waals surface area contributed by atoms with E-state index in [9.17, 15) is 0 Å². The fourth-order valence-electron chi connectivity index (χ4n) is 3.56. The monoisotopic (exact) mass is 432 g/mol. The first-order valence-corrected chi connectivity index (χ1v) is 10.6. The second-order valence-corrected chi connectivity index (χ2v) is 7.83. The van der Waals surface area contributed by atoms with Crippen molar-refractivity contribution in [2.24, 2.45) is 0 Å².